The van der Waals surface area contributed by atoms with E-state index in [1.807, 2.05) is 0 Å². The average molecular weight is 357 g/mol. The lowest BCUT2D eigenvalue weighted by Crippen LogP contribution is -2.41. The number of hydrogen-bond donors (Lipinski definition) is 5. The van der Waals surface area contributed by atoms with Crippen LogP contribution in [-0.2, 0) is 19.2 Å². The first-order valence-electron chi connectivity index (χ1n) is 6.00. The molecule has 0 aliphatic rings. The summed E-state index contributed by atoms with van der Waals surface area (Å²) >= 11 is 0. The summed E-state index contributed by atoms with van der Waals surface area (Å²) in [4.78, 5) is 41.1. The zero-order valence-corrected chi connectivity index (χ0v) is 11.9. The van der Waals surface area contributed by atoms with Crippen LogP contribution >= 0.6 is 0 Å². The van der Waals surface area contributed by atoms with Crippen molar-refractivity contribution in [1.82, 2.24) is 5.32 Å². The van der Waals surface area contributed by atoms with Crippen molar-refractivity contribution < 1.29 is 47.7 Å². The molecule has 0 aliphatic carbocycles. The van der Waals surface area contributed by atoms with Crippen LogP contribution in [0.25, 0.3) is 0 Å². The van der Waals surface area contributed by atoms with Crippen LogP contribution in [0.15, 0.2) is 0 Å². The van der Waals surface area contributed by atoms with Gasteiger partial charge in [-0.25, -0.2) is 9.59 Å². The van der Waals surface area contributed by atoms with Gasteiger partial charge >= 0.3 is 24.1 Å². The topological polar surface area (TPSA) is 191 Å². The van der Waals surface area contributed by atoms with Crippen molar-refractivity contribution >= 4 is 23.8 Å². The van der Waals surface area contributed by atoms with Gasteiger partial charge in [-0.05, 0) is 6.42 Å². The third-order valence-electron chi connectivity index (χ3n) is 2.17. The molecule has 0 radical (unpaired) electrons. The normalized spacial score (nSPS) is 12.6. The summed E-state index contributed by atoms with van der Waals surface area (Å²) in [6.07, 6.45) is -5.74. The minimum atomic E-state index is -5.08. The molecule has 136 valence electrons. The van der Waals surface area contributed by atoms with E-state index < -0.39 is 42.1 Å². The molecule has 0 spiro atoms. The van der Waals surface area contributed by atoms with E-state index in [0.717, 1.165) is 0 Å². The van der Waals surface area contributed by atoms with Crippen LogP contribution in [0.3, 0.4) is 0 Å². The quantitative estimate of drug-likeness (QED) is 0.392. The molecule has 0 fully saturated rings. The number of nitrogens with zero attached hydrogens (tertiary/aromatic N) is 1. The van der Waals surface area contributed by atoms with Crippen molar-refractivity contribution in [2.45, 2.75) is 37.5 Å². The van der Waals surface area contributed by atoms with E-state index in [2.05, 4.69) is 5.32 Å². The Labute approximate surface area is 132 Å². The summed E-state index contributed by atoms with van der Waals surface area (Å²) in [6, 6.07) is -0.827. The first kappa shape index (κ1) is 23.4. The van der Waals surface area contributed by atoms with E-state index >= 15 is 0 Å². The minimum absolute atomic E-state index is 0.0972. The van der Waals surface area contributed by atoms with Crippen LogP contribution in [-0.4, -0.2) is 57.4 Å². The fourth-order valence-corrected chi connectivity index (χ4v) is 0.968. The molecule has 0 aromatic rings. The number of halogens is 3. The number of carbonyl (C=O) groups excluding carboxylic acids is 1. The number of nitrogens with two attached hydrogens (primary N) is 1. The fraction of sp³-hybridized carbons (Fsp3) is 0.545. The Bertz CT molecular complexity index is 516. The number of nitriles is 1. The van der Waals surface area contributed by atoms with Gasteiger partial charge in [-0.3, -0.25) is 9.59 Å². The van der Waals surface area contributed by atoms with Gasteiger partial charge in [-0.15, -0.1) is 0 Å². The van der Waals surface area contributed by atoms with E-state index in [-0.39, 0.29) is 19.3 Å². The van der Waals surface area contributed by atoms with E-state index in [9.17, 15) is 27.6 Å². The highest BCUT2D eigenvalue weighted by molar-refractivity contribution is 5.84. The third kappa shape index (κ3) is 11.7. The van der Waals surface area contributed by atoms with E-state index in [0.29, 0.717) is 0 Å². The van der Waals surface area contributed by atoms with Crippen molar-refractivity contribution in [1.29, 1.82) is 5.26 Å². The molecule has 0 unspecified atom stereocenters. The standard InChI is InChI=1S/C9H13N3O5.C2HF3O2/c10-4-3-6(9(16)17)12-7(13)2-1-5(11)8(14)15;3-2(4,5)1(6)7/h5-6H,1-3,11H2,(H,12,13)(H,14,15)(H,16,17);(H,6,7)/t5-,6-;/m0./s1. The maximum Gasteiger partial charge on any atom is 0.490 e. The van der Waals surface area contributed by atoms with Crippen LogP contribution < -0.4 is 11.1 Å². The predicted molar refractivity (Wildman–Crippen MR) is 68.3 cm³/mol. The summed E-state index contributed by atoms with van der Waals surface area (Å²) in [5.41, 5.74) is 5.17. The number of aliphatic carboxylic acids is 3. The first-order valence-corrected chi connectivity index (χ1v) is 6.00. The number of alkyl halides is 3. The summed E-state index contributed by atoms with van der Waals surface area (Å²) in [5, 5.41) is 34.6. The summed E-state index contributed by atoms with van der Waals surface area (Å²) in [7, 11) is 0. The van der Waals surface area contributed by atoms with Crippen molar-refractivity contribution in [2.75, 3.05) is 0 Å². The monoisotopic (exact) mass is 357 g/mol. The van der Waals surface area contributed by atoms with Gasteiger partial charge in [0, 0.05) is 6.42 Å². The molecule has 13 heteroatoms. The van der Waals surface area contributed by atoms with Crippen LogP contribution in [0.2, 0.25) is 0 Å². The van der Waals surface area contributed by atoms with Gasteiger partial charge in [0.2, 0.25) is 5.91 Å². The number of nitrogens with one attached hydrogen (secondary N) is 1. The van der Waals surface area contributed by atoms with Crippen molar-refractivity contribution in [2.24, 2.45) is 5.73 Å². The number of amides is 1. The highest BCUT2D eigenvalue weighted by atomic mass is 19.4. The second-order valence-electron chi connectivity index (χ2n) is 4.11. The lowest BCUT2D eigenvalue weighted by atomic mass is 10.1. The molecule has 0 rings (SSSR count). The maximum atomic E-state index is 11.2. The number of carboxylic acid groups (broad SMARTS) is 3. The zero-order valence-electron chi connectivity index (χ0n) is 11.9. The zero-order chi connectivity index (χ0) is 19.5. The van der Waals surface area contributed by atoms with Crippen molar-refractivity contribution in [3.63, 3.8) is 0 Å². The highest BCUT2D eigenvalue weighted by Gasteiger charge is 2.38. The molecular weight excluding hydrogens is 343 g/mol. The average Bonchev–Trinajstić information content (AvgIpc) is 2.43. The Kier molecular flexibility index (Phi) is 10.5. The molecule has 0 aliphatic heterocycles. The van der Waals surface area contributed by atoms with Gasteiger partial charge in [0.15, 0.2) is 0 Å². The maximum absolute atomic E-state index is 11.2. The van der Waals surface area contributed by atoms with Gasteiger partial charge in [-0.2, -0.15) is 18.4 Å². The molecule has 0 heterocycles. The van der Waals surface area contributed by atoms with E-state index in [4.69, 9.17) is 31.1 Å². The van der Waals surface area contributed by atoms with Crippen LogP contribution in [0.4, 0.5) is 13.2 Å². The molecule has 0 aromatic carbocycles. The van der Waals surface area contributed by atoms with Crippen LogP contribution in [0.1, 0.15) is 19.3 Å². The molecular formula is C11H14F3N3O7. The largest absolute Gasteiger partial charge is 0.490 e. The van der Waals surface area contributed by atoms with E-state index in [1.165, 1.54) is 0 Å². The molecule has 0 bridgehead atoms. The van der Waals surface area contributed by atoms with E-state index in [1.54, 1.807) is 6.07 Å². The molecule has 0 aromatic heterocycles. The first-order chi connectivity index (χ1) is 10.8. The van der Waals surface area contributed by atoms with Gasteiger partial charge in [0.05, 0.1) is 12.5 Å². The van der Waals surface area contributed by atoms with Crippen molar-refractivity contribution in [3.8, 4) is 6.07 Å². The molecule has 10 nitrogen and oxygen atoms in total. The summed E-state index contributed by atoms with van der Waals surface area (Å²) < 4.78 is 31.7. The SMILES string of the molecule is N#CC[C@H](NC(=O)CC[C@H](N)C(=O)O)C(=O)O.O=C(O)C(F)(F)F. The second-order valence-corrected chi connectivity index (χ2v) is 4.11. The molecule has 2 atom stereocenters. The Hall–Kier alpha value is -2.88. The summed E-state index contributed by atoms with van der Waals surface area (Å²) in [5.74, 6) is -5.95. The Morgan fingerprint density at radius 3 is 1.88 bits per heavy atom. The Balaban J connectivity index is 0. The minimum Gasteiger partial charge on any atom is -0.480 e. The van der Waals surface area contributed by atoms with Gasteiger partial charge in [0.1, 0.15) is 12.1 Å². The van der Waals surface area contributed by atoms with Crippen LogP contribution in [0, 0.1) is 11.3 Å². The smallest absolute Gasteiger partial charge is 0.480 e. The molecule has 0 saturated heterocycles. The number of hydrogen-bond acceptors (Lipinski definition) is 6. The summed E-state index contributed by atoms with van der Waals surface area (Å²) in [6.45, 7) is 0. The lowest BCUT2D eigenvalue weighted by Gasteiger charge is -2.11. The highest BCUT2D eigenvalue weighted by Crippen LogP contribution is 2.13. The van der Waals surface area contributed by atoms with Gasteiger partial charge in [0.25, 0.3) is 0 Å². The number of rotatable bonds is 7. The number of carboxylic acids is 3. The number of carbonyl (C=O) groups is 4. The van der Waals surface area contributed by atoms with Gasteiger partial charge < -0.3 is 26.4 Å². The second kappa shape index (κ2) is 10.8. The van der Waals surface area contributed by atoms with Crippen LogP contribution in [0.5, 0.6) is 0 Å². The molecule has 0 saturated carbocycles. The predicted octanol–water partition coefficient (Wildman–Crippen LogP) is -0.705. The van der Waals surface area contributed by atoms with Gasteiger partial charge in [-0.1, -0.05) is 0 Å². The Morgan fingerprint density at radius 1 is 1.12 bits per heavy atom. The molecule has 24 heavy (non-hydrogen) atoms. The fourth-order valence-electron chi connectivity index (χ4n) is 0.968. The molecule has 6 N–H and O–H groups in total. The van der Waals surface area contributed by atoms with Crippen molar-refractivity contribution in [3.05, 3.63) is 0 Å². The lowest BCUT2D eigenvalue weighted by molar-refractivity contribution is -0.192. The molecule has 1 amide bonds. The third-order valence-corrected chi connectivity index (χ3v) is 2.17. The Morgan fingerprint density at radius 2 is 1.58 bits per heavy atom.